The van der Waals surface area contributed by atoms with Crippen LogP contribution in [-0.4, -0.2) is 12.6 Å². The molecule has 1 fully saturated rings. The number of esters is 1. The van der Waals surface area contributed by atoms with E-state index in [-0.39, 0.29) is 12.2 Å². The third-order valence-corrected chi connectivity index (χ3v) is 4.11. The van der Waals surface area contributed by atoms with Crippen molar-refractivity contribution >= 4 is 17.6 Å². The van der Waals surface area contributed by atoms with Gasteiger partial charge in [0.05, 0.1) is 17.5 Å². The van der Waals surface area contributed by atoms with Crippen LogP contribution in [0.25, 0.3) is 0 Å². The largest absolute Gasteiger partial charge is 0.466 e. The molecule has 1 aromatic carbocycles. The van der Waals surface area contributed by atoms with Gasteiger partial charge in [0.2, 0.25) is 0 Å². The van der Waals surface area contributed by atoms with E-state index in [1.165, 1.54) is 0 Å². The second kappa shape index (κ2) is 4.95. The molecule has 0 spiro atoms. The molecule has 0 heterocycles. The number of hydrogen-bond acceptors (Lipinski definition) is 2. The zero-order valence-corrected chi connectivity index (χ0v) is 12.0. The van der Waals surface area contributed by atoms with E-state index in [0.29, 0.717) is 0 Å². The van der Waals surface area contributed by atoms with Crippen LogP contribution in [0.2, 0.25) is 5.02 Å². The van der Waals surface area contributed by atoms with E-state index in [2.05, 4.69) is 0 Å². The molecule has 6 heteroatoms. The first kappa shape index (κ1) is 15.2. The number of ether oxygens (including phenoxy) is 1. The highest BCUT2D eigenvalue weighted by Crippen LogP contribution is 2.65. The minimum absolute atomic E-state index is 0.0862. The lowest BCUT2D eigenvalue weighted by molar-refractivity contribution is -0.145. The Bertz CT molecular complexity index is 572. The van der Waals surface area contributed by atoms with Crippen molar-refractivity contribution < 1.29 is 22.7 Å². The van der Waals surface area contributed by atoms with Crippen molar-refractivity contribution in [3.8, 4) is 0 Å². The van der Waals surface area contributed by atoms with E-state index in [9.17, 15) is 18.0 Å². The van der Waals surface area contributed by atoms with Gasteiger partial charge in [0.25, 0.3) is 0 Å². The zero-order valence-electron chi connectivity index (χ0n) is 11.3. The molecule has 2 atom stereocenters. The molecule has 1 aromatic rings. The van der Waals surface area contributed by atoms with E-state index in [1.807, 2.05) is 0 Å². The van der Waals surface area contributed by atoms with Crippen molar-refractivity contribution in [3.63, 3.8) is 0 Å². The summed E-state index contributed by atoms with van der Waals surface area (Å²) >= 11 is 5.55. The third-order valence-electron chi connectivity index (χ3n) is 3.83. The quantitative estimate of drug-likeness (QED) is 0.478. The molecule has 0 bridgehead atoms. The smallest absolute Gasteiger partial charge is 0.310 e. The highest BCUT2D eigenvalue weighted by molar-refractivity contribution is 6.30. The first-order valence-electron chi connectivity index (χ1n) is 6.23. The average molecular weight is 307 g/mol. The second-order valence-corrected chi connectivity index (χ2v) is 5.83. The van der Waals surface area contributed by atoms with Gasteiger partial charge in [-0.15, -0.1) is 0 Å². The van der Waals surface area contributed by atoms with Crippen molar-refractivity contribution in [2.75, 3.05) is 6.61 Å². The summed E-state index contributed by atoms with van der Waals surface area (Å²) in [5, 5.41) is -0.496. The predicted molar refractivity (Wildman–Crippen MR) is 68.0 cm³/mol. The van der Waals surface area contributed by atoms with Gasteiger partial charge in [-0.25, -0.2) is 13.2 Å². The van der Waals surface area contributed by atoms with E-state index in [4.69, 9.17) is 16.3 Å². The first-order chi connectivity index (χ1) is 9.23. The second-order valence-electron chi connectivity index (χ2n) is 5.42. The van der Waals surface area contributed by atoms with Crippen LogP contribution in [0.3, 0.4) is 0 Å². The van der Waals surface area contributed by atoms with Crippen LogP contribution in [0.15, 0.2) is 6.07 Å². The zero-order chi connectivity index (χ0) is 15.2. The molecular weight excluding hydrogens is 293 g/mol. The van der Waals surface area contributed by atoms with E-state index in [1.54, 1.807) is 20.8 Å². The lowest BCUT2D eigenvalue weighted by Crippen LogP contribution is -2.10. The van der Waals surface area contributed by atoms with E-state index >= 15 is 0 Å². The van der Waals surface area contributed by atoms with Gasteiger partial charge in [0, 0.05) is 5.92 Å². The Morgan fingerprint density at radius 1 is 1.30 bits per heavy atom. The molecule has 0 aromatic heterocycles. The predicted octanol–water partition coefficient (Wildman–Crippen LogP) is 4.06. The molecule has 0 aliphatic heterocycles. The number of benzene rings is 1. The Morgan fingerprint density at radius 2 is 1.90 bits per heavy atom. The molecule has 2 rings (SSSR count). The van der Waals surface area contributed by atoms with Gasteiger partial charge >= 0.3 is 5.97 Å². The topological polar surface area (TPSA) is 26.3 Å². The summed E-state index contributed by atoms with van der Waals surface area (Å²) in [6.07, 6.45) is 0. The maximum absolute atomic E-state index is 13.9. The standard InChI is InChI=1S/C14H14ClF3O2/c1-4-20-13(19)9-8(14(9,2)3)6-5-7(15)11(17)12(18)10(6)16/h5,8-9H,4H2,1-3H3. The van der Waals surface area contributed by atoms with Crippen LogP contribution in [0.4, 0.5) is 13.2 Å². The Morgan fingerprint density at radius 3 is 2.45 bits per heavy atom. The number of carbonyl (C=O) groups is 1. The Balaban J connectivity index is 2.41. The molecule has 110 valence electrons. The summed E-state index contributed by atoms with van der Waals surface area (Å²) in [5.41, 5.74) is -0.669. The molecule has 0 N–H and O–H groups in total. The summed E-state index contributed by atoms with van der Waals surface area (Å²) in [6.45, 7) is 5.36. The van der Waals surface area contributed by atoms with Crippen LogP contribution in [0, 0.1) is 28.8 Å². The molecular formula is C14H14ClF3O2. The Kier molecular flexibility index (Phi) is 3.75. The number of carbonyl (C=O) groups excluding carboxylic acids is 1. The highest BCUT2D eigenvalue weighted by Gasteiger charge is 2.64. The van der Waals surface area contributed by atoms with Crippen LogP contribution in [-0.2, 0) is 9.53 Å². The maximum atomic E-state index is 13.9. The fraction of sp³-hybridized carbons (Fsp3) is 0.500. The molecule has 1 saturated carbocycles. The van der Waals surface area contributed by atoms with Crippen molar-refractivity contribution in [2.45, 2.75) is 26.7 Å². The fourth-order valence-corrected chi connectivity index (χ4v) is 2.91. The first-order valence-corrected chi connectivity index (χ1v) is 6.60. The number of hydrogen-bond donors (Lipinski definition) is 0. The minimum Gasteiger partial charge on any atom is -0.466 e. The number of rotatable bonds is 3. The van der Waals surface area contributed by atoms with Gasteiger partial charge in [0.1, 0.15) is 0 Å². The van der Waals surface area contributed by atoms with Gasteiger partial charge in [-0.3, -0.25) is 4.79 Å². The molecule has 1 aliphatic rings. The third kappa shape index (κ3) is 2.18. The van der Waals surface area contributed by atoms with Crippen LogP contribution >= 0.6 is 11.6 Å². The van der Waals surface area contributed by atoms with Crippen molar-refractivity contribution in [3.05, 3.63) is 34.1 Å². The molecule has 1 aliphatic carbocycles. The molecule has 2 nitrogen and oxygen atoms in total. The van der Waals surface area contributed by atoms with Crippen molar-refractivity contribution in [1.82, 2.24) is 0 Å². The van der Waals surface area contributed by atoms with E-state index < -0.39 is 45.7 Å². The van der Waals surface area contributed by atoms with Crippen molar-refractivity contribution in [2.24, 2.45) is 11.3 Å². The summed E-state index contributed by atoms with van der Waals surface area (Å²) in [5.74, 6) is -5.96. The van der Waals surface area contributed by atoms with Gasteiger partial charge < -0.3 is 4.74 Å². The minimum atomic E-state index is -1.61. The maximum Gasteiger partial charge on any atom is 0.310 e. The fourth-order valence-electron chi connectivity index (χ4n) is 2.71. The van der Waals surface area contributed by atoms with Gasteiger partial charge in [-0.2, -0.15) is 0 Å². The van der Waals surface area contributed by atoms with Gasteiger partial charge in [0.15, 0.2) is 17.5 Å². The molecule has 2 unspecified atom stereocenters. The molecule has 0 radical (unpaired) electrons. The Labute approximate surface area is 119 Å². The normalized spacial score (nSPS) is 23.6. The average Bonchev–Trinajstić information content (AvgIpc) is 2.94. The lowest BCUT2D eigenvalue weighted by Gasteiger charge is -2.07. The molecule has 20 heavy (non-hydrogen) atoms. The monoisotopic (exact) mass is 306 g/mol. The Hall–Kier alpha value is -1.23. The number of halogens is 4. The van der Waals surface area contributed by atoms with Gasteiger partial charge in [-0.1, -0.05) is 25.4 Å². The van der Waals surface area contributed by atoms with Gasteiger partial charge in [-0.05, 0) is 24.0 Å². The van der Waals surface area contributed by atoms with Crippen LogP contribution in [0.1, 0.15) is 32.3 Å². The lowest BCUT2D eigenvalue weighted by atomic mass is 10.0. The van der Waals surface area contributed by atoms with E-state index in [0.717, 1.165) is 6.07 Å². The summed E-state index contributed by atoms with van der Waals surface area (Å²) < 4.78 is 45.4. The highest BCUT2D eigenvalue weighted by atomic mass is 35.5. The van der Waals surface area contributed by atoms with Crippen LogP contribution in [0.5, 0.6) is 0 Å². The SMILES string of the molecule is CCOC(=O)C1C(c2cc(Cl)c(F)c(F)c2F)C1(C)C. The summed E-state index contributed by atoms with van der Waals surface area (Å²) in [6, 6.07) is 1.04. The molecule has 0 amide bonds. The summed E-state index contributed by atoms with van der Waals surface area (Å²) in [7, 11) is 0. The summed E-state index contributed by atoms with van der Waals surface area (Å²) in [4.78, 5) is 11.8. The van der Waals surface area contributed by atoms with Crippen molar-refractivity contribution in [1.29, 1.82) is 0 Å². The van der Waals surface area contributed by atoms with Crippen LogP contribution < -0.4 is 0 Å². The molecule has 0 saturated heterocycles.